The molecule has 2 saturated heterocycles. The van der Waals surface area contributed by atoms with Crippen LogP contribution in [0.3, 0.4) is 0 Å². The number of aromatic nitrogens is 2. The number of amides is 1. The van der Waals surface area contributed by atoms with E-state index in [0.717, 1.165) is 31.6 Å². The predicted octanol–water partition coefficient (Wildman–Crippen LogP) is 2.56. The van der Waals surface area contributed by atoms with Gasteiger partial charge >= 0.3 is 0 Å². The van der Waals surface area contributed by atoms with Crippen LogP contribution in [-0.2, 0) is 0 Å². The average molecular weight is 392 g/mol. The van der Waals surface area contributed by atoms with Gasteiger partial charge in [-0.05, 0) is 43.7 Å². The van der Waals surface area contributed by atoms with Crippen molar-refractivity contribution in [1.82, 2.24) is 20.0 Å². The van der Waals surface area contributed by atoms with Crippen LogP contribution in [0.1, 0.15) is 29.4 Å². The fourth-order valence-electron chi connectivity index (χ4n) is 3.76. The van der Waals surface area contributed by atoms with Crippen molar-refractivity contribution in [3.63, 3.8) is 0 Å². The van der Waals surface area contributed by atoms with Crippen molar-refractivity contribution in [3.8, 4) is 0 Å². The number of carbonyl (C=O) groups excluding carboxylic acids is 1. The summed E-state index contributed by atoms with van der Waals surface area (Å²) in [4.78, 5) is 16.7. The summed E-state index contributed by atoms with van der Waals surface area (Å²) in [5.74, 6) is -0.385. The second kappa shape index (κ2) is 7.86. The Balaban J connectivity index is 1.38. The van der Waals surface area contributed by atoms with Gasteiger partial charge < -0.3 is 15.1 Å². The summed E-state index contributed by atoms with van der Waals surface area (Å²) < 4.78 is 15.1. The first-order valence-electron chi connectivity index (χ1n) is 9.37. The van der Waals surface area contributed by atoms with Crippen molar-refractivity contribution < 1.29 is 9.18 Å². The number of hydrogen-bond acceptors (Lipinski definition) is 4. The van der Waals surface area contributed by atoms with Gasteiger partial charge in [0.15, 0.2) is 0 Å². The Morgan fingerprint density at radius 1 is 1.22 bits per heavy atom. The maximum absolute atomic E-state index is 13.2. The quantitative estimate of drug-likeness (QED) is 0.873. The van der Waals surface area contributed by atoms with E-state index in [1.165, 1.54) is 12.1 Å². The van der Waals surface area contributed by atoms with Crippen molar-refractivity contribution in [2.75, 3.05) is 44.2 Å². The number of nitrogens with one attached hydrogen (secondary N) is 1. The molecule has 3 heterocycles. The lowest BCUT2D eigenvalue weighted by Crippen LogP contribution is -2.49. The third-order valence-corrected chi connectivity index (χ3v) is 5.59. The number of benzene rings is 1. The van der Waals surface area contributed by atoms with Crippen LogP contribution >= 0.6 is 11.6 Å². The summed E-state index contributed by atoms with van der Waals surface area (Å²) in [5.41, 5.74) is 1.30. The van der Waals surface area contributed by atoms with Gasteiger partial charge in [-0.25, -0.2) is 4.39 Å². The maximum atomic E-state index is 13.2. The highest BCUT2D eigenvalue weighted by Crippen LogP contribution is 2.27. The minimum absolute atomic E-state index is 0.0395. The average Bonchev–Trinajstić information content (AvgIpc) is 3.19. The van der Waals surface area contributed by atoms with Crippen LogP contribution in [0, 0.1) is 5.82 Å². The third kappa shape index (κ3) is 3.94. The summed E-state index contributed by atoms with van der Waals surface area (Å²) in [5, 5.41) is 8.28. The van der Waals surface area contributed by atoms with Gasteiger partial charge in [0.05, 0.1) is 16.8 Å². The zero-order chi connectivity index (χ0) is 18.8. The summed E-state index contributed by atoms with van der Waals surface area (Å²) in [7, 11) is 0. The molecule has 2 aliphatic heterocycles. The standard InChI is InChI=1S/C19H23ClFN5O/c20-16-12-14(21)3-4-18(16)24-8-10-25(11-9-24)19(27)17-5-7-26(23-17)15-2-1-6-22-13-15/h3-5,7,12,15,22H,1-2,6,8-11,13H2. The van der Waals surface area contributed by atoms with Gasteiger partial charge in [-0.15, -0.1) is 0 Å². The second-order valence-corrected chi connectivity index (χ2v) is 7.46. The van der Waals surface area contributed by atoms with Crippen LogP contribution < -0.4 is 10.2 Å². The highest BCUT2D eigenvalue weighted by Gasteiger charge is 2.25. The summed E-state index contributed by atoms with van der Waals surface area (Å²) in [6.45, 7) is 4.43. The number of halogens is 2. The molecule has 8 heteroatoms. The van der Waals surface area contributed by atoms with Gasteiger partial charge in [0.2, 0.25) is 0 Å². The van der Waals surface area contributed by atoms with E-state index in [4.69, 9.17) is 11.6 Å². The van der Waals surface area contributed by atoms with Crippen LogP contribution in [0.25, 0.3) is 0 Å². The van der Waals surface area contributed by atoms with Crippen molar-refractivity contribution >= 4 is 23.2 Å². The normalized spacial score (nSPS) is 20.7. The third-order valence-electron chi connectivity index (χ3n) is 5.29. The minimum Gasteiger partial charge on any atom is -0.367 e. The SMILES string of the molecule is O=C(c1ccn(C2CCCNC2)n1)N1CCN(c2ccc(F)cc2Cl)CC1. The van der Waals surface area contributed by atoms with Gasteiger partial charge in [-0.2, -0.15) is 5.10 Å². The molecule has 1 amide bonds. The lowest BCUT2D eigenvalue weighted by Gasteiger charge is -2.36. The van der Waals surface area contributed by atoms with E-state index in [1.54, 1.807) is 12.1 Å². The van der Waals surface area contributed by atoms with Crippen LogP contribution in [0.5, 0.6) is 0 Å². The molecule has 1 N–H and O–H groups in total. The van der Waals surface area contributed by atoms with Crippen LogP contribution in [0.15, 0.2) is 30.5 Å². The number of rotatable bonds is 3. The summed E-state index contributed by atoms with van der Waals surface area (Å²) in [6, 6.07) is 6.54. The van der Waals surface area contributed by atoms with Gasteiger partial charge in [0.1, 0.15) is 11.5 Å². The smallest absolute Gasteiger partial charge is 0.274 e. The first kappa shape index (κ1) is 18.3. The van der Waals surface area contributed by atoms with Gasteiger partial charge in [-0.1, -0.05) is 11.6 Å². The molecule has 2 aliphatic rings. The highest BCUT2D eigenvalue weighted by molar-refractivity contribution is 6.33. The Hall–Kier alpha value is -2.12. The molecule has 1 aromatic heterocycles. The molecule has 0 spiro atoms. The molecule has 1 aromatic carbocycles. The molecule has 144 valence electrons. The molecular formula is C19H23ClFN5O. The molecule has 1 atom stereocenters. The molecule has 27 heavy (non-hydrogen) atoms. The zero-order valence-corrected chi connectivity index (χ0v) is 15.8. The maximum Gasteiger partial charge on any atom is 0.274 e. The Morgan fingerprint density at radius 2 is 2.04 bits per heavy atom. The first-order chi connectivity index (χ1) is 13.1. The van der Waals surface area contributed by atoms with E-state index in [0.29, 0.717) is 42.9 Å². The van der Waals surface area contributed by atoms with Gasteiger partial charge in [-0.3, -0.25) is 9.48 Å². The van der Waals surface area contributed by atoms with E-state index < -0.39 is 0 Å². The molecule has 0 saturated carbocycles. The zero-order valence-electron chi connectivity index (χ0n) is 15.1. The topological polar surface area (TPSA) is 53.4 Å². The molecule has 4 rings (SSSR count). The molecule has 0 radical (unpaired) electrons. The number of piperazine rings is 1. The van der Waals surface area contributed by atoms with Gasteiger partial charge in [0, 0.05) is 38.9 Å². The van der Waals surface area contributed by atoms with Crippen molar-refractivity contribution in [1.29, 1.82) is 0 Å². The van der Waals surface area contributed by atoms with Crippen LogP contribution in [0.4, 0.5) is 10.1 Å². The fraction of sp³-hybridized carbons (Fsp3) is 0.474. The number of hydrogen-bond donors (Lipinski definition) is 1. The molecule has 2 fully saturated rings. The van der Waals surface area contributed by atoms with Crippen LogP contribution in [0.2, 0.25) is 5.02 Å². The number of carbonyl (C=O) groups is 1. The van der Waals surface area contributed by atoms with Gasteiger partial charge in [0.25, 0.3) is 5.91 Å². The van der Waals surface area contributed by atoms with E-state index in [9.17, 15) is 9.18 Å². The molecule has 6 nitrogen and oxygen atoms in total. The fourth-order valence-corrected chi connectivity index (χ4v) is 4.05. The predicted molar refractivity (Wildman–Crippen MR) is 103 cm³/mol. The summed E-state index contributed by atoms with van der Waals surface area (Å²) in [6.07, 6.45) is 4.11. The highest BCUT2D eigenvalue weighted by atomic mass is 35.5. The van der Waals surface area contributed by atoms with Crippen molar-refractivity contribution in [2.45, 2.75) is 18.9 Å². The molecule has 0 bridgehead atoms. The number of nitrogens with zero attached hydrogens (tertiary/aromatic N) is 4. The minimum atomic E-state index is -0.346. The Bertz CT molecular complexity index is 812. The lowest BCUT2D eigenvalue weighted by atomic mass is 10.1. The van der Waals surface area contributed by atoms with Crippen LogP contribution in [-0.4, -0.2) is 59.9 Å². The molecular weight excluding hydrogens is 369 g/mol. The van der Waals surface area contributed by atoms with E-state index in [2.05, 4.69) is 15.3 Å². The van der Waals surface area contributed by atoms with E-state index in [1.807, 2.05) is 15.8 Å². The Kier molecular flexibility index (Phi) is 5.31. The first-order valence-corrected chi connectivity index (χ1v) is 9.75. The van der Waals surface area contributed by atoms with Crippen molar-refractivity contribution in [3.05, 3.63) is 47.0 Å². The molecule has 0 aliphatic carbocycles. The van der Waals surface area contributed by atoms with E-state index in [-0.39, 0.29) is 11.7 Å². The Labute approximate surface area is 162 Å². The number of anilines is 1. The summed E-state index contributed by atoms with van der Waals surface area (Å²) >= 11 is 6.15. The largest absolute Gasteiger partial charge is 0.367 e. The lowest BCUT2D eigenvalue weighted by molar-refractivity contribution is 0.0739. The molecule has 1 unspecified atom stereocenters. The molecule has 2 aromatic rings. The van der Waals surface area contributed by atoms with Crippen molar-refractivity contribution in [2.24, 2.45) is 0 Å². The monoisotopic (exact) mass is 391 g/mol. The second-order valence-electron chi connectivity index (χ2n) is 7.06. The van der Waals surface area contributed by atoms with E-state index >= 15 is 0 Å². The Morgan fingerprint density at radius 3 is 2.74 bits per heavy atom. The number of piperidine rings is 1.